The third kappa shape index (κ3) is 4.83. The van der Waals surface area contributed by atoms with E-state index < -0.39 is 5.54 Å². The van der Waals surface area contributed by atoms with Gasteiger partial charge in [-0.05, 0) is 30.5 Å². The molecule has 2 rings (SSSR count). The molecule has 0 fully saturated rings. The average molecular weight is 330 g/mol. The molecule has 0 aliphatic carbocycles. The minimum absolute atomic E-state index is 0.0786. The van der Waals surface area contributed by atoms with Crippen molar-refractivity contribution in [2.45, 2.75) is 38.8 Å². The number of carbonyl (C=O) groups is 1. The Balaban J connectivity index is 1.96. The highest BCUT2D eigenvalue weighted by Crippen LogP contribution is 2.19. The number of nitrogens with one attached hydrogen (secondary N) is 2. The summed E-state index contributed by atoms with van der Waals surface area (Å²) in [6, 6.07) is 7.72. The van der Waals surface area contributed by atoms with Crippen LogP contribution in [0.1, 0.15) is 32.3 Å². The Bertz CT molecular complexity index is 683. The van der Waals surface area contributed by atoms with Crippen molar-refractivity contribution in [2.75, 3.05) is 6.61 Å². The lowest BCUT2D eigenvalue weighted by atomic mass is 9.98. The second kappa shape index (κ2) is 7.97. The lowest BCUT2D eigenvalue weighted by Crippen LogP contribution is -2.52. The molecule has 2 amide bonds. The number of nitrogens with zero attached hydrogens (tertiary/aromatic N) is 2. The van der Waals surface area contributed by atoms with Gasteiger partial charge >= 0.3 is 6.03 Å². The molecule has 0 aliphatic rings. The van der Waals surface area contributed by atoms with Gasteiger partial charge in [-0.15, -0.1) is 0 Å². The molecular formula is C18H26N4O2. The molecule has 1 heterocycles. The van der Waals surface area contributed by atoms with E-state index >= 15 is 0 Å². The number of hydrogen-bond donors (Lipinski definition) is 3. The molecule has 6 heteroatoms. The van der Waals surface area contributed by atoms with Crippen molar-refractivity contribution < 1.29 is 9.90 Å². The minimum atomic E-state index is -0.587. The summed E-state index contributed by atoms with van der Waals surface area (Å²) in [5, 5.41) is 19.3. The highest BCUT2D eigenvalue weighted by molar-refractivity contribution is 5.74. The fraction of sp³-hybridized carbons (Fsp3) is 0.444. The molecule has 0 radical (unpaired) electrons. The highest BCUT2D eigenvalue weighted by atomic mass is 16.3. The van der Waals surface area contributed by atoms with Crippen LogP contribution in [-0.2, 0) is 13.6 Å². The number of benzene rings is 1. The third-order valence-electron chi connectivity index (χ3n) is 3.98. The molecule has 3 N–H and O–H groups in total. The monoisotopic (exact) mass is 330 g/mol. The number of amides is 2. The Morgan fingerprint density at radius 3 is 2.79 bits per heavy atom. The summed E-state index contributed by atoms with van der Waals surface area (Å²) in [6.45, 7) is 4.22. The zero-order chi connectivity index (χ0) is 17.6. The van der Waals surface area contributed by atoms with E-state index in [1.165, 1.54) is 0 Å². The van der Waals surface area contributed by atoms with Crippen LogP contribution in [0.25, 0.3) is 11.1 Å². The van der Waals surface area contributed by atoms with Crippen LogP contribution in [0.3, 0.4) is 0 Å². The molecule has 1 aromatic heterocycles. The molecule has 0 bridgehead atoms. The number of aliphatic hydroxyl groups excluding tert-OH is 1. The van der Waals surface area contributed by atoms with Crippen LogP contribution in [0.15, 0.2) is 36.7 Å². The highest BCUT2D eigenvalue weighted by Gasteiger charge is 2.24. The van der Waals surface area contributed by atoms with E-state index in [0.717, 1.165) is 29.5 Å². The van der Waals surface area contributed by atoms with Gasteiger partial charge in [0.05, 0.1) is 18.3 Å². The van der Waals surface area contributed by atoms with E-state index in [4.69, 9.17) is 0 Å². The number of aryl methyl sites for hydroxylation is 1. The molecule has 0 saturated heterocycles. The fourth-order valence-electron chi connectivity index (χ4n) is 2.66. The third-order valence-corrected chi connectivity index (χ3v) is 3.98. The van der Waals surface area contributed by atoms with Crippen LogP contribution in [0.5, 0.6) is 0 Å². The number of aromatic nitrogens is 2. The molecule has 130 valence electrons. The normalized spacial score (nSPS) is 13.3. The van der Waals surface area contributed by atoms with Crippen LogP contribution < -0.4 is 10.6 Å². The van der Waals surface area contributed by atoms with Gasteiger partial charge in [-0.25, -0.2) is 4.79 Å². The SMILES string of the molecule is CCCC(C)(CO)NC(=O)NCc1cccc(-c2cnn(C)c2)c1. The quantitative estimate of drug-likeness (QED) is 0.729. The van der Waals surface area contributed by atoms with Crippen molar-refractivity contribution in [3.05, 3.63) is 42.2 Å². The topological polar surface area (TPSA) is 79.2 Å². The smallest absolute Gasteiger partial charge is 0.315 e. The maximum absolute atomic E-state index is 12.1. The van der Waals surface area contributed by atoms with Gasteiger partial charge in [0.2, 0.25) is 0 Å². The first-order chi connectivity index (χ1) is 11.5. The van der Waals surface area contributed by atoms with Crippen LogP contribution in [0, 0.1) is 0 Å². The summed E-state index contributed by atoms with van der Waals surface area (Å²) < 4.78 is 1.76. The molecular weight excluding hydrogens is 304 g/mol. The molecule has 24 heavy (non-hydrogen) atoms. The zero-order valence-electron chi connectivity index (χ0n) is 14.5. The number of urea groups is 1. The molecule has 1 unspecified atom stereocenters. The molecule has 1 aromatic carbocycles. The standard InChI is InChI=1S/C18H26N4O2/c1-4-8-18(2,13-23)21-17(24)19-10-14-6-5-7-15(9-14)16-11-20-22(3)12-16/h5-7,9,11-12,23H,4,8,10,13H2,1-3H3,(H2,19,21,24). The van der Waals surface area contributed by atoms with Crippen molar-refractivity contribution in [1.82, 2.24) is 20.4 Å². The maximum atomic E-state index is 12.1. The molecule has 1 atom stereocenters. The van der Waals surface area contributed by atoms with Crippen LogP contribution in [0.4, 0.5) is 4.79 Å². The Morgan fingerprint density at radius 1 is 1.38 bits per heavy atom. The zero-order valence-corrected chi connectivity index (χ0v) is 14.5. The van der Waals surface area contributed by atoms with E-state index in [1.807, 2.05) is 57.6 Å². The number of rotatable bonds is 7. The van der Waals surface area contributed by atoms with E-state index in [-0.39, 0.29) is 12.6 Å². The molecule has 0 saturated carbocycles. The van der Waals surface area contributed by atoms with Gasteiger partial charge in [0, 0.05) is 25.4 Å². The summed E-state index contributed by atoms with van der Waals surface area (Å²) in [5.74, 6) is 0. The molecule has 0 spiro atoms. The van der Waals surface area contributed by atoms with Crippen LogP contribution in [-0.4, -0.2) is 33.1 Å². The van der Waals surface area contributed by atoms with Crippen molar-refractivity contribution in [2.24, 2.45) is 7.05 Å². The fourth-order valence-corrected chi connectivity index (χ4v) is 2.66. The Morgan fingerprint density at radius 2 is 2.17 bits per heavy atom. The first kappa shape index (κ1) is 18.0. The first-order valence-corrected chi connectivity index (χ1v) is 8.20. The van der Waals surface area contributed by atoms with E-state index in [2.05, 4.69) is 15.7 Å². The predicted molar refractivity (Wildman–Crippen MR) is 94.4 cm³/mol. The molecule has 0 aliphatic heterocycles. The van der Waals surface area contributed by atoms with Gasteiger partial charge in [0.1, 0.15) is 0 Å². The van der Waals surface area contributed by atoms with E-state index in [0.29, 0.717) is 6.54 Å². The lowest BCUT2D eigenvalue weighted by Gasteiger charge is -2.28. The van der Waals surface area contributed by atoms with Gasteiger partial charge in [0.25, 0.3) is 0 Å². The molecule has 6 nitrogen and oxygen atoms in total. The van der Waals surface area contributed by atoms with Gasteiger partial charge in [-0.2, -0.15) is 5.10 Å². The number of hydrogen-bond acceptors (Lipinski definition) is 3. The Labute approximate surface area is 142 Å². The van der Waals surface area contributed by atoms with E-state index in [9.17, 15) is 9.90 Å². The minimum Gasteiger partial charge on any atom is -0.394 e. The largest absolute Gasteiger partial charge is 0.394 e. The summed E-state index contributed by atoms with van der Waals surface area (Å²) in [4.78, 5) is 12.1. The van der Waals surface area contributed by atoms with Crippen LogP contribution >= 0.6 is 0 Å². The number of carbonyl (C=O) groups excluding carboxylic acids is 1. The average Bonchev–Trinajstić information content (AvgIpc) is 3.00. The second-order valence-corrected chi connectivity index (χ2v) is 6.38. The Kier molecular flexibility index (Phi) is 5.98. The van der Waals surface area contributed by atoms with Crippen molar-refractivity contribution in [3.8, 4) is 11.1 Å². The summed E-state index contributed by atoms with van der Waals surface area (Å²) in [7, 11) is 1.88. The van der Waals surface area contributed by atoms with Crippen molar-refractivity contribution >= 4 is 6.03 Å². The number of aliphatic hydroxyl groups is 1. The summed E-state index contributed by atoms with van der Waals surface area (Å²) in [5.41, 5.74) is 2.53. The van der Waals surface area contributed by atoms with E-state index in [1.54, 1.807) is 4.68 Å². The first-order valence-electron chi connectivity index (χ1n) is 8.20. The van der Waals surface area contributed by atoms with Crippen LogP contribution in [0.2, 0.25) is 0 Å². The summed E-state index contributed by atoms with van der Waals surface area (Å²) in [6.07, 6.45) is 5.39. The predicted octanol–water partition coefficient (Wildman–Crippen LogP) is 2.44. The van der Waals surface area contributed by atoms with Gasteiger partial charge in [-0.1, -0.05) is 31.5 Å². The van der Waals surface area contributed by atoms with Gasteiger partial charge in [0.15, 0.2) is 0 Å². The summed E-state index contributed by atoms with van der Waals surface area (Å²) >= 11 is 0. The van der Waals surface area contributed by atoms with Crippen molar-refractivity contribution in [3.63, 3.8) is 0 Å². The van der Waals surface area contributed by atoms with Crippen molar-refractivity contribution in [1.29, 1.82) is 0 Å². The molecule has 2 aromatic rings. The Hall–Kier alpha value is -2.34. The second-order valence-electron chi connectivity index (χ2n) is 6.38. The van der Waals surface area contributed by atoms with Gasteiger partial charge < -0.3 is 15.7 Å². The van der Waals surface area contributed by atoms with Gasteiger partial charge in [-0.3, -0.25) is 4.68 Å². The lowest BCUT2D eigenvalue weighted by molar-refractivity contribution is 0.163. The maximum Gasteiger partial charge on any atom is 0.315 e.